The standard InChI is InChI=1S/C13H17N3S/c1-9-11(4-3-5-12(9)14)8-16-10(2)13-15-6-7-17-13/h3-7,10,16H,8,14H2,1-2H3. The van der Waals surface area contributed by atoms with Crippen LogP contribution < -0.4 is 11.1 Å². The summed E-state index contributed by atoms with van der Waals surface area (Å²) in [5, 5.41) is 6.58. The smallest absolute Gasteiger partial charge is 0.109 e. The van der Waals surface area contributed by atoms with Crippen LogP contribution in [0.25, 0.3) is 0 Å². The summed E-state index contributed by atoms with van der Waals surface area (Å²) in [6.45, 7) is 5.00. The van der Waals surface area contributed by atoms with E-state index < -0.39 is 0 Å². The number of nitrogens with two attached hydrogens (primary N) is 1. The maximum absolute atomic E-state index is 5.88. The van der Waals surface area contributed by atoms with Crippen molar-refractivity contribution >= 4 is 17.0 Å². The molecule has 1 unspecified atom stereocenters. The second-order valence-corrected chi connectivity index (χ2v) is 5.03. The molecule has 0 aliphatic rings. The van der Waals surface area contributed by atoms with Crippen molar-refractivity contribution in [2.24, 2.45) is 0 Å². The molecule has 4 heteroatoms. The highest BCUT2D eigenvalue weighted by atomic mass is 32.1. The summed E-state index contributed by atoms with van der Waals surface area (Å²) in [6, 6.07) is 6.31. The highest BCUT2D eigenvalue weighted by molar-refractivity contribution is 7.09. The first-order valence-electron chi connectivity index (χ1n) is 5.65. The van der Waals surface area contributed by atoms with Crippen LogP contribution in [0.15, 0.2) is 29.8 Å². The molecule has 0 aliphatic carbocycles. The molecule has 17 heavy (non-hydrogen) atoms. The van der Waals surface area contributed by atoms with E-state index in [-0.39, 0.29) is 6.04 Å². The lowest BCUT2D eigenvalue weighted by molar-refractivity contribution is 0.571. The van der Waals surface area contributed by atoms with Gasteiger partial charge in [0, 0.05) is 23.8 Å². The number of rotatable bonds is 4. The molecule has 3 nitrogen and oxygen atoms in total. The summed E-state index contributed by atoms with van der Waals surface area (Å²) in [5.41, 5.74) is 9.14. The van der Waals surface area contributed by atoms with Gasteiger partial charge >= 0.3 is 0 Å². The number of hydrogen-bond acceptors (Lipinski definition) is 4. The van der Waals surface area contributed by atoms with Crippen molar-refractivity contribution in [1.82, 2.24) is 10.3 Å². The highest BCUT2D eigenvalue weighted by Crippen LogP contribution is 2.18. The van der Waals surface area contributed by atoms with Crippen LogP contribution in [0.5, 0.6) is 0 Å². The van der Waals surface area contributed by atoms with Crippen molar-refractivity contribution in [1.29, 1.82) is 0 Å². The Kier molecular flexibility index (Phi) is 3.76. The van der Waals surface area contributed by atoms with Crippen LogP contribution in [-0.2, 0) is 6.54 Å². The van der Waals surface area contributed by atoms with Crippen LogP contribution in [0.1, 0.15) is 29.1 Å². The molecule has 0 radical (unpaired) electrons. The molecule has 0 spiro atoms. The zero-order valence-corrected chi connectivity index (χ0v) is 10.9. The SMILES string of the molecule is Cc1c(N)cccc1CNC(C)c1nccs1. The van der Waals surface area contributed by atoms with E-state index in [1.807, 2.05) is 23.7 Å². The van der Waals surface area contributed by atoms with E-state index in [9.17, 15) is 0 Å². The highest BCUT2D eigenvalue weighted by Gasteiger charge is 2.08. The van der Waals surface area contributed by atoms with E-state index in [4.69, 9.17) is 5.73 Å². The normalized spacial score (nSPS) is 12.6. The van der Waals surface area contributed by atoms with Crippen molar-refractivity contribution in [2.45, 2.75) is 26.4 Å². The average Bonchev–Trinajstić information content (AvgIpc) is 2.84. The first kappa shape index (κ1) is 12.1. The Balaban J connectivity index is 2.00. The quantitative estimate of drug-likeness (QED) is 0.817. The average molecular weight is 247 g/mol. The van der Waals surface area contributed by atoms with E-state index in [1.165, 1.54) is 5.56 Å². The van der Waals surface area contributed by atoms with Gasteiger partial charge in [-0.3, -0.25) is 0 Å². The maximum atomic E-state index is 5.88. The fourth-order valence-electron chi connectivity index (χ4n) is 1.69. The van der Waals surface area contributed by atoms with Gasteiger partial charge in [0.1, 0.15) is 5.01 Å². The maximum Gasteiger partial charge on any atom is 0.109 e. The van der Waals surface area contributed by atoms with Crippen molar-refractivity contribution < 1.29 is 0 Å². The van der Waals surface area contributed by atoms with Crippen LogP contribution >= 0.6 is 11.3 Å². The van der Waals surface area contributed by atoms with E-state index in [0.717, 1.165) is 22.8 Å². The van der Waals surface area contributed by atoms with Crippen molar-refractivity contribution in [3.63, 3.8) is 0 Å². The molecule has 2 rings (SSSR count). The molecule has 1 aromatic heterocycles. The summed E-state index contributed by atoms with van der Waals surface area (Å²) in [4.78, 5) is 4.30. The molecule has 2 aromatic rings. The Morgan fingerprint density at radius 1 is 1.47 bits per heavy atom. The van der Waals surface area contributed by atoms with Gasteiger partial charge in [0.2, 0.25) is 0 Å². The lowest BCUT2D eigenvalue weighted by Crippen LogP contribution is -2.18. The van der Waals surface area contributed by atoms with Gasteiger partial charge in [0.25, 0.3) is 0 Å². The Hall–Kier alpha value is -1.39. The fraction of sp³-hybridized carbons (Fsp3) is 0.308. The van der Waals surface area contributed by atoms with Crippen LogP contribution in [0.3, 0.4) is 0 Å². The number of nitrogen functional groups attached to an aromatic ring is 1. The van der Waals surface area contributed by atoms with Gasteiger partial charge in [-0.05, 0) is 31.0 Å². The number of nitrogens with one attached hydrogen (secondary N) is 1. The number of benzene rings is 1. The van der Waals surface area contributed by atoms with Gasteiger partial charge in [0.15, 0.2) is 0 Å². The first-order valence-corrected chi connectivity index (χ1v) is 6.53. The zero-order chi connectivity index (χ0) is 12.3. The van der Waals surface area contributed by atoms with E-state index in [2.05, 4.69) is 30.2 Å². The van der Waals surface area contributed by atoms with Gasteiger partial charge in [-0.2, -0.15) is 0 Å². The molecule has 90 valence electrons. The largest absolute Gasteiger partial charge is 0.399 e. The second kappa shape index (κ2) is 5.29. The molecule has 0 saturated heterocycles. The number of anilines is 1. The van der Waals surface area contributed by atoms with Crippen molar-refractivity contribution in [3.8, 4) is 0 Å². The summed E-state index contributed by atoms with van der Waals surface area (Å²) >= 11 is 1.68. The van der Waals surface area contributed by atoms with Gasteiger partial charge in [-0.1, -0.05) is 12.1 Å². The van der Waals surface area contributed by atoms with E-state index in [1.54, 1.807) is 11.3 Å². The lowest BCUT2D eigenvalue weighted by atomic mass is 10.1. The molecule has 3 N–H and O–H groups in total. The lowest BCUT2D eigenvalue weighted by Gasteiger charge is -2.13. The molecule has 0 fully saturated rings. The zero-order valence-electron chi connectivity index (χ0n) is 10.1. The molecule has 0 saturated carbocycles. The van der Waals surface area contributed by atoms with Crippen LogP contribution in [0.4, 0.5) is 5.69 Å². The minimum atomic E-state index is 0.274. The third-order valence-corrected chi connectivity index (χ3v) is 3.87. The topological polar surface area (TPSA) is 50.9 Å². The summed E-state index contributed by atoms with van der Waals surface area (Å²) < 4.78 is 0. The molecule has 0 amide bonds. The summed E-state index contributed by atoms with van der Waals surface area (Å²) in [6.07, 6.45) is 1.84. The van der Waals surface area contributed by atoms with E-state index in [0.29, 0.717) is 0 Å². The summed E-state index contributed by atoms with van der Waals surface area (Å²) in [7, 11) is 0. The Morgan fingerprint density at radius 2 is 2.29 bits per heavy atom. The monoisotopic (exact) mass is 247 g/mol. The number of thiazole rings is 1. The predicted molar refractivity (Wildman–Crippen MR) is 73.0 cm³/mol. The Bertz CT molecular complexity index is 479. The van der Waals surface area contributed by atoms with Crippen molar-refractivity contribution in [3.05, 3.63) is 45.9 Å². The van der Waals surface area contributed by atoms with Crippen LogP contribution in [0, 0.1) is 6.92 Å². The molecule has 0 aliphatic heterocycles. The first-order chi connectivity index (χ1) is 8.18. The number of nitrogens with zero attached hydrogens (tertiary/aromatic N) is 1. The van der Waals surface area contributed by atoms with Gasteiger partial charge in [0.05, 0.1) is 6.04 Å². The molecule has 1 aromatic carbocycles. The van der Waals surface area contributed by atoms with Crippen molar-refractivity contribution in [2.75, 3.05) is 5.73 Å². The van der Waals surface area contributed by atoms with Crippen LogP contribution in [-0.4, -0.2) is 4.98 Å². The minimum Gasteiger partial charge on any atom is -0.399 e. The molecular weight excluding hydrogens is 230 g/mol. The van der Waals surface area contributed by atoms with Gasteiger partial charge in [-0.25, -0.2) is 4.98 Å². The van der Waals surface area contributed by atoms with E-state index >= 15 is 0 Å². The molecule has 1 atom stereocenters. The summed E-state index contributed by atoms with van der Waals surface area (Å²) in [5.74, 6) is 0. The fourth-order valence-corrected chi connectivity index (χ4v) is 2.36. The third-order valence-electron chi connectivity index (χ3n) is 2.91. The van der Waals surface area contributed by atoms with Gasteiger partial charge in [-0.15, -0.1) is 11.3 Å². The Morgan fingerprint density at radius 3 is 3.00 bits per heavy atom. The van der Waals surface area contributed by atoms with Gasteiger partial charge < -0.3 is 11.1 Å². The second-order valence-electron chi connectivity index (χ2n) is 4.10. The Labute approximate surface area is 106 Å². The molecule has 0 bridgehead atoms. The molecule has 1 heterocycles. The minimum absolute atomic E-state index is 0.274. The number of hydrogen-bond donors (Lipinski definition) is 2. The molecular formula is C13H17N3S. The third kappa shape index (κ3) is 2.84. The predicted octanol–water partition coefficient (Wildman–Crippen LogP) is 2.88. The van der Waals surface area contributed by atoms with Crippen LogP contribution in [0.2, 0.25) is 0 Å². The number of aromatic nitrogens is 1.